The van der Waals surface area contributed by atoms with E-state index in [0.29, 0.717) is 13.2 Å². The highest BCUT2D eigenvalue weighted by Gasteiger charge is 2.21. The van der Waals surface area contributed by atoms with Crippen LogP contribution in [-0.4, -0.2) is 42.3 Å². The standard InChI is InChI=1S/C48H52N6O/c1-27-23-29(3)41(30(4)24-27)39-11-17-49-45-43(39)51-35(9)37-13-19-53(47(37)45)33(7)15-21-55-22-16-34(8)54-20-14-38-36(10)52-44-40(12-18-50-46(44)48(38)54)42-31(5)25-28(2)26-32(42)6/h11-14,17-20,23-26,33-34H,15-16,21-22H2,1-10H3. The second kappa shape index (κ2) is 14.3. The molecule has 6 heterocycles. The molecule has 0 aliphatic carbocycles. The largest absolute Gasteiger partial charge is 0.381 e. The maximum Gasteiger partial charge on any atom is 0.114 e. The average Bonchev–Trinajstić information content (AvgIpc) is 3.79. The second-order valence-electron chi connectivity index (χ2n) is 15.9. The van der Waals surface area contributed by atoms with Gasteiger partial charge in [0.05, 0.1) is 22.1 Å². The van der Waals surface area contributed by atoms with Crippen LogP contribution in [-0.2, 0) is 4.74 Å². The van der Waals surface area contributed by atoms with E-state index in [-0.39, 0.29) is 12.1 Å². The molecule has 7 nitrogen and oxygen atoms in total. The molecule has 0 bridgehead atoms. The van der Waals surface area contributed by atoms with Crippen LogP contribution in [0.4, 0.5) is 0 Å². The number of ether oxygens (including phenoxy) is 1. The maximum absolute atomic E-state index is 6.36. The first kappa shape index (κ1) is 36.6. The zero-order valence-electron chi connectivity index (χ0n) is 34.0. The Balaban J connectivity index is 1.00. The fourth-order valence-corrected chi connectivity index (χ4v) is 9.15. The van der Waals surface area contributed by atoms with Crippen molar-refractivity contribution in [3.63, 3.8) is 0 Å². The number of pyridine rings is 4. The van der Waals surface area contributed by atoms with Crippen molar-refractivity contribution in [3.8, 4) is 22.3 Å². The first-order chi connectivity index (χ1) is 26.4. The Hall–Kier alpha value is -5.40. The molecule has 2 unspecified atom stereocenters. The van der Waals surface area contributed by atoms with Crippen LogP contribution in [0.1, 0.15) is 83.5 Å². The number of nitrogens with zero attached hydrogens (tertiary/aromatic N) is 6. The predicted octanol–water partition coefficient (Wildman–Crippen LogP) is 11.9. The van der Waals surface area contributed by atoms with E-state index in [9.17, 15) is 0 Å². The van der Waals surface area contributed by atoms with Gasteiger partial charge in [0.2, 0.25) is 0 Å². The highest BCUT2D eigenvalue weighted by molar-refractivity contribution is 6.09. The molecule has 0 aliphatic rings. The van der Waals surface area contributed by atoms with E-state index in [1.165, 1.54) is 44.5 Å². The highest BCUT2D eigenvalue weighted by Crippen LogP contribution is 2.38. The van der Waals surface area contributed by atoms with E-state index in [4.69, 9.17) is 24.7 Å². The zero-order chi connectivity index (χ0) is 38.7. The third-order valence-corrected chi connectivity index (χ3v) is 11.7. The lowest BCUT2D eigenvalue weighted by Crippen LogP contribution is -2.11. The summed E-state index contributed by atoms with van der Waals surface area (Å²) < 4.78 is 11.1. The van der Waals surface area contributed by atoms with Crippen LogP contribution in [0.15, 0.2) is 73.3 Å². The van der Waals surface area contributed by atoms with Gasteiger partial charge in [-0.15, -0.1) is 0 Å². The first-order valence-electron chi connectivity index (χ1n) is 19.7. The van der Waals surface area contributed by atoms with Gasteiger partial charge in [0, 0.05) is 83.4 Å². The molecule has 280 valence electrons. The number of benzene rings is 2. The van der Waals surface area contributed by atoms with E-state index in [1.807, 2.05) is 12.4 Å². The SMILES string of the molecule is Cc1cc(C)c(-c2ccnc3c2nc(C)c2ccn(C(C)CCOCCC(C)n4ccc5c(C)nc6c(-c7c(C)cc(C)cc7C)ccnc6c54)c23)c(C)c1. The topological polar surface area (TPSA) is 70.7 Å². The molecule has 2 aromatic carbocycles. The molecule has 8 rings (SSSR count). The van der Waals surface area contributed by atoms with Gasteiger partial charge in [-0.3, -0.25) is 19.9 Å². The number of hydrogen-bond donors (Lipinski definition) is 0. The van der Waals surface area contributed by atoms with E-state index in [0.717, 1.165) is 79.2 Å². The fourth-order valence-electron chi connectivity index (χ4n) is 9.15. The molecule has 0 N–H and O–H groups in total. The number of aryl methyl sites for hydroxylation is 8. The highest BCUT2D eigenvalue weighted by atomic mass is 16.5. The van der Waals surface area contributed by atoms with Crippen molar-refractivity contribution in [2.75, 3.05) is 13.2 Å². The van der Waals surface area contributed by atoms with Gasteiger partial charge in [0.1, 0.15) is 11.0 Å². The van der Waals surface area contributed by atoms with Crippen LogP contribution in [0.5, 0.6) is 0 Å². The van der Waals surface area contributed by atoms with E-state index < -0.39 is 0 Å². The van der Waals surface area contributed by atoms with Crippen LogP contribution in [0.3, 0.4) is 0 Å². The minimum atomic E-state index is 0.226. The van der Waals surface area contributed by atoms with Crippen molar-refractivity contribution in [2.45, 2.75) is 94.2 Å². The van der Waals surface area contributed by atoms with Gasteiger partial charge in [-0.05, 0) is 140 Å². The summed E-state index contributed by atoms with van der Waals surface area (Å²) in [6, 6.07) is 18.1. The van der Waals surface area contributed by atoms with Crippen molar-refractivity contribution >= 4 is 43.9 Å². The lowest BCUT2D eigenvalue weighted by atomic mass is 9.93. The molecule has 0 fully saturated rings. The summed E-state index contributed by atoms with van der Waals surface area (Å²) >= 11 is 0. The molecule has 0 amide bonds. The first-order valence-corrected chi connectivity index (χ1v) is 19.7. The molecule has 0 spiro atoms. The van der Waals surface area contributed by atoms with Gasteiger partial charge in [0.25, 0.3) is 0 Å². The second-order valence-corrected chi connectivity index (χ2v) is 15.9. The van der Waals surface area contributed by atoms with Crippen LogP contribution < -0.4 is 0 Å². The number of fused-ring (bicyclic) bond motifs is 6. The van der Waals surface area contributed by atoms with Crippen molar-refractivity contribution in [2.24, 2.45) is 0 Å². The van der Waals surface area contributed by atoms with E-state index in [2.05, 4.69) is 139 Å². The van der Waals surface area contributed by atoms with Crippen LogP contribution in [0, 0.1) is 55.4 Å². The van der Waals surface area contributed by atoms with Gasteiger partial charge >= 0.3 is 0 Å². The van der Waals surface area contributed by atoms with Gasteiger partial charge < -0.3 is 13.9 Å². The molecule has 7 heteroatoms. The Bertz CT molecular complexity index is 2540. The summed E-state index contributed by atoms with van der Waals surface area (Å²) in [6.45, 7) is 23.2. The molecular formula is C48H52N6O. The molecule has 8 aromatic rings. The summed E-state index contributed by atoms with van der Waals surface area (Å²) in [5.74, 6) is 0. The summed E-state index contributed by atoms with van der Waals surface area (Å²) in [5.41, 5.74) is 20.6. The molecule has 0 aliphatic heterocycles. The number of aromatic nitrogens is 6. The maximum atomic E-state index is 6.36. The quantitative estimate of drug-likeness (QED) is 0.131. The van der Waals surface area contributed by atoms with E-state index in [1.54, 1.807) is 0 Å². The number of rotatable bonds is 10. The van der Waals surface area contributed by atoms with Gasteiger partial charge in [-0.1, -0.05) is 35.4 Å². The monoisotopic (exact) mass is 728 g/mol. The Morgan fingerprint density at radius 1 is 0.527 bits per heavy atom. The summed E-state index contributed by atoms with van der Waals surface area (Å²) in [6.07, 6.45) is 10.1. The third kappa shape index (κ3) is 6.38. The van der Waals surface area contributed by atoms with Crippen molar-refractivity contribution in [1.82, 2.24) is 29.1 Å². The Kier molecular flexibility index (Phi) is 9.54. The van der Waals surface area contributed by atoms with Crippen molar-refractivity contribution < 1.29 is 4.74 Å². The predicted molar refractivity (Wildman–Crippen MR) is 228 cm³/mol. The lowest BCUT2D eigenvalue weighted by Gasteiger charge is -2.19. The minimum Gasteiger partial charge on any atom is -0.381 e. The van der Waals surface area contributed by atoms with Gasteiger partial charge in [0.15, 0.2) is 0 Å². The normalized spacial score (nSPS) is 13.1. The van der Waals surface area contributed by atoms with Crippen LogP contribution in [0.25, 0.3) is 66.1 Å². The molecule has 0 radical (unpaired) electrons. The fraction of sp³-hybridized carbons (Fsp3) is 0.333. The Morgan fingerprint density at radius 2 is 0.909 bits per heavy atom. The van der Waals surface area contributed by atoms with Crippen LogP contribution >= 0.6 is 0 Å². The van der Waals surface area contributed by atoms with Gasteiger partial charge in [-0.2, -0.15) is 0 Å². The Morgan fingerprint density at radius 3 is 1.29 bits per heavy atom. The summed E-state index contributed by atoms with van der Waals surface area (Å²) in [7, 11) is 0. The summed E-state index contributed by atoms with van der Waals surface area (Å²) in [4.78, 5) is 20.1. The van der Waals surface area contributed by atoms with Crippen LogP contribution in [0.2, 0.25) is 0 Å². The molecule has 0 saturated carbocycles. The average molecular weight is 729 g/mol. The van der Waals surface area contributed by atoms with Gasteiger partial charge in [-0.25, -0.2) is 0 Å². The van der Waals surface area contributed by atoms with Crippen molar-refractivity contribution in [3.05, 3.63) is 118 Å². The zero-order valence-corrected chi connectivity index (χ0v) is 34.0. The molecule has 6 aromatic heterocycles. The van der Waals surface area contributed by atoms with Crippen molar-refractivity contribution in [1.29, 1.82) is 0 Å². The summed E-state index contributed by atoms with van der Waals surface area (Å²) in [5, 5.41) is 2.30. The van der Waals surface area contributed by atoms with E-state index >= 15 is 0 Å². The number of hydrogen-bond acceptors (Lipinski definition) is 5. The third-order valence-electron chi connectivity index (χ3n) is 11.7. The minimum absolute atomic E-state index is 0.226. The smallest absolute Gasteiger partial charge is 0.114 e. The lowest BCUT2D eigenvalue weighted by molar-refractivity contribution is 0.113. The Labute approximate surface area is 324 Å². The molecule has 0 saturated heterocycles. The molecule has 55 heavy (non-hydrogen) atoms. The molecule has 2 atom stereocenters. The molecular weight excluding hydrogens is 677 g/mol.